The van der Waals surface area contributed by atoms with E-state index in [4.69, 9.17) is 4.74 Å². The summed E-state index contributed by atoms with van der Waals surface area (Å²) < 4.78 is 100. The van der Waals surface area contributed by atoms with Crippen molar-refractivity contribution >= 4 is 5.91 Å². The number of hydrogen-bond donors (Lipinski definition) is 2. The van der Waals surface area contributed by atoms with Crippen molar-refractivity contribution in [2.75, 3.05) is 6.61 Å². The number of halogens is 7. The first-order valence-electron chi connectivity index (χ1n) is 10.6. The summed E-state index contributed by atoms with van der Waals surface area (Å²) in [7, 11) is 0. The van der Waals surface area contributed by atoms with Gasteiger partial charge in [-0.2, -0.15) is 13.2 Å². The Kier molecular flexibility index (Phi) is 6.76. The number of benzene rings is 2. The molecule has 0 saturated heterocycles. The number of fused-ring (bicyclic) bond motifs is 1. The molecule has 2 atom stereocenters. The third-order valence-electron chi connectivity index (χ3n) is 5.69. The molecular formula is C24H17F7N2O4. The predicted molar refractivity (Wildman–Crippen MR) is 113 cm³/mol. The molecule has 1 aliphatic heterocycles. The fourth-order valence-corrected chi connectivity index (χ4v) is 3.98. The van der Waals surface area contributed by atoms with Crippen LogP contribution in [0.4, 0.5) is 30.7 Å². The number of pyridine rings is 1. The molecule has 37 heavy (non-hydrogen) atoms. The number of carbonyl (C=O) groups excluding carboxylic acids is 1. The SMILES string of the molecule is O=C(N[C@]1(c2ccc(OC(F)(F)F)c(F)c2)CCOc2cccnc21)c1ccc(C(O)C(F)(F)F)cc1. The average molecular weight is 530 g/mol. The summed E-state index contributed by atoms with van der Waals surface area (Å²) in [5.41, 5.74) is -1.99. The van der Waals surface area contributed by atoms with Crippen molar-refractivity contribution < 1.29 is 50.1 Å². The van der Waals surface area contributed by atoms with Crippen LogP contribution >= 0.6 is 0 Å². The molecular weight excluding hydrogens is 513 g/mol. The lowest BCUT2D eigenvalue weighted by Gasteiger charge is -2.39. The number of hydrogen-bond acceptors (Lipinski definition) is 5. The second kappa shape index (κ2) is 9.54. The number of nitrogens with one attached hydrogen (secondary N) is 1. The van der Waals surface area contributed by atoms with E-state index in [1.54, 1.807) is 6.07 Å². The number of carbonyl (C=O) groups is 1. The molecule has 4 rings (SSSR count). The second-order valence-corrected chi connectivity index (χ2v) is 8.07. The van der Waals surface area contributed by atoms with Crippen LogP contribution in [0.15, 0.2) is 60.8 Å². The number of rotatable bonds is 5. The van der Waals surface area contributed by atoms with Crippen LogP contribution < -0.4 is 14.8 Å². The van der Waals surface area contributed by atoms with Crippen LogP contribution in [0.2, 0.25) is 0 Å². The molecule has 0 saturated carbocycles. The highest BCUT2D eigenvalue weighted by molar-refractivity contribution is 5.95. The van der Waals surface area contributed by atoms with Crippen LogP contribution in [-0.2, 0) is 5.54 Å². The zero-order valence-corrected chi connectivity index (χ0v) is 18.5. The first kappa shape index (κ1) is 26.2. The summed E-state index contributed by atoms with van der Waals surface area (Å²) in [6.45, 7) is 0.0120. The predicted octanol–water partition coefficient (Wildman–Crippen LogP) is 5.17. The van der Waals surface area contributed by atoms with Gasteiger partial charge in [0.1, 0.15) is 17.0 Å². The molecule has 3 aromatic rings. The number of aliphatic hydroxyl groups excluding tert-OH is 1. The van der Waals surface area contributed by atoms with Crippen LogP contribution in [0.25, 0.3) is 0 Å². The van der Waals surface area contributed by atoms with Crippen LogP contribution in [0, 0.1) is 5.82 Å². The molecule has 0 fully saturated rings. The van der Waals surface area contributed by atoms with E-state index in [9.17, 15) is 40.6 Å². The molecule has 0 radical (unpaired) electrons. The smallest absolute Gasteiger partial charge is 0.491 e. The highest BCUT2D eigenvalue weighted by Crippen LogP contribution is 2.42. The standard InChI is InChI=1S/C24H17F7N2O4/c25-16-12-15(7-8-17(16)37-24(29,30)31)22(9-11-36-18-2-1-10-32-19(18)22)33-21(35)14-5-3-13(4-6-14)20(34)23(26,27)28/h1-8,10,12,20,34H,9,11H2,(H,33,35)/t20?,22-/m0/s1. The van der Waals surface area contributed by atoms with Crippen LogP contribution in [0.5, 0.6) is 11.5 Å². The maximum Gasteiger partial charge on any atom is 0.573 e. The minimum Gasteiger partial charge on any atom is -0.491 e. The van der Waals surface area contributed by atoms with Crippen molar-refractivity contribution in [3.8, 4) is 11.5 Å². The largest absolute Gasteiger partial charge is 0.573 e. The van der Waals surface area contributed by atoms with Crippen molar-refractivity contribution in [2.24, 2.45) is 0 Å². The topological polar surface area (TPSA) is 80.7 Å². The lowest BCUT2D eigenvalue weighted by molar-refractivity contribution is -0.275. The zero-order chi connectivity index (χ0) is 27.0. The minimum absolute atomic E-state index is 0.00740. The summed E-state index contributed by atoms with van der Waals surface area (Å²) in [6, 6.07) is 9.73. The fourth-order valence-electron chi connectivity index (χ4n) is 3.98. The van der Waals surface area contributed by atoms with E-state index in [0.717, 1.165) is 42.5 Å². The molecule has 1 aliphatic rings. The van der Waals surface area contributed by atoms with Crippen molar-refractivity contribution in [3.05, 3.63) is 89.0 Å². The maximum atomic E-state index is 14.7. The van der Waals surface area contributed by atoms with E-state index in [1.165, 1.54) is 12.3 Å². The average Bonchev–Trinajstić information content (AvgIpc) is 2.83. The summed E-state index contributed by atoms with van der Waals surface area (Å²) in [4.78, 5) is 17.4. The van der Waals surface area contributed by atoms with E-state index in [-0.39, 0.29) is 35.6 Å². The van der Waals surface area contributed by atoms with Gasteiger partial charge in [0.15, 0.2) is 17.7 Å². The Bertz CT molecular complexity index is 1300. The van der Waals surface area contributed by atoms with Crippen LogP contribution in [-0.4, -0.2) is 35.1 Å². The Morgan fingerprint density at radius 3 is 2.41 bits per heavy atom. The Morgan fingerprint density at radius 2 is 1.78 bits per heavy atom. The molecule has 13 heteroatoms. The molecule has 2 heterocycles. The lowest BCUT2D eigenvalue weighted by atomic mass is 9.81. The number of ether oxygens (including phenoxy) is 2. The van der Waals surface area contributed by atoms with Gasteiger partial charge in [-0.1, -0.05) is 18.2 Å². The van der Waals surface area contributed by atoms with Gasteiger partial charge in [0, 0.05) is 18.2 Å². The Balaban J connectivity index is 1.73. The molecule has 2 N–H and O–H groups in total. The highest BCUT2D eigenvalue weighted by atomic mass is 19.4. The lowest BCUT2D eigenvalue weighted by Crippen LogP contribution is -2.50. The van der Waals surface area contributed by atoms with Gasteiger partial charge < -0.3 is 19.9 Å². The summed E-state index contributed by atoms with van der Waals surface area (Å²) in [5, 5.41) is 12.1. The summed E-state index contributed by atoms with van der Waals surface area (Å²) >= 11 is 0. The zero-order valence-electron chi connectivity index (χ0n) is 18.5. The normalized spacial score (nSPS) is 18.4. The van der Waals surface area contributed by atoms with Gasteiger partial charge in [-0.3, -0.25) is 9.78 Å². The molecule has 1 aromatic heterocycles. The Morgan fingerprint density at radius 1 is 1.08 bits per heavy atom. The van der Waals surface area contributed by atoms with E-state index in [0.29, 0.717) is 0 Å². The van der Waals surface area contributed by atoms with Crippen LogP contribution in [0.3, 0.4) is 0 Å². The molecule has 0 spiro atoms. The molecule has 1 unspecified atom stereocenters. The van der Waals surface area contributed by atoms with E-state index in [2.05, 4.69) is 15.0 Å². The van der Waals surface area contributed by atoms with Gasteiger partial charge >= 0.3 is 12.5 Å². The first-order chi connectivity index (χ1) is 17.3. The van der Waals surface area contributed by atoms with Gasteiger partial charge in [0.25, 0.3) is 5.91 Å². The third kappa shape index (κ3) is 5.45. The molecule has 196 valence electrons. The maximum absolute atomic E-state index is 14.7. The number of amides is 1. The van der Waals surface area contributed by atoms with Crippen LogP contribution in [0.1, 0.15) is 39.7 Å². The Hall–Kier alpha value is -3.87. The van der Waals surface area contributed by atoms with Gasteiger partial charge in [0.2, 0.25) is 0 Å². The first-order valence-corrected chi connectivity index (χ1v) is 10.6. The van der Waals surface area contributed by atoms with Crippen molar-refractivity contribution in [1.82, 2.24) is 10.3 Å². The third-order valence-corrected chi connectivity index (χ3v) is 5.69. The van der Waals surface area contributed by atoms with Gasteiger partial charge in [0.05, 0.1) is 6.61 Å². The van der Waals surface area contributed by atoms with Gasteiger partial charge in [-0.15, -0.1) is 13.2 Å². The number of aromatic nitrogens is 1. The van der Waals surface area contributed by atoms with E-state index in [1.807, 2.05) is 0 Å². The molecule has 0 bridgehead atoms. The van der Waals surface area contributed by atoms with Crippen molar-refractivity contribution in [1.29, 1.82) is 0 Å². The van der Waals surface area contributed by atoms with Crippen molar-refractivity contribution in [3.63, 3.8) is 0 Å². The molecule has 6 nitrogen and oxygen atoms in total. The molecule has 0 aliphatic carbocycles. The highest BCUT2D eigenvalue weighted by Gasteiger charge is 2.44. The fraction of sp³-hybridized carbons (Fsp3) is 0.250. The van der Waals surface area contributed by atoms with Crippen molar-refractivity contribution in [2.45, 2.75) is 30.6 Å². The summed E-state index contributed by atoms with van der Waals surface area (Å²) in [6.07, 6.45) is -11.4. The van der Waals surface area contributed by atoms with E-state index >= 15 is 0 Å². The van der Waals surface area contributed by atoms with E-state index < -0.39 is 47.2 Å². The van der Waals surface area contributed by atoms with Gasteiger partial charge in [-0.05, 0) is 47.5 Å². The summed E-state index contributed by atoms with van der Waals surface area (Å²) in [5.74, 6) is -3.00. The minimum atomic E-state index is -5.13. The number of alkyl halides is 6. The number of aliphatic hydroxyl groups is 1. The second-order valence-electron chi connectivity index (χ2n) is 8.07. The Labute approximate surface area is 204 Å². The monoisotopic (exact) mass is 530 g/mol. The molecule has 1 amide bonds. The molecule has 2 aromatic carbocycles. The quantitative estimate of drug-likeness (QED) is 0.445. The van der Waals surface area contributed by atoms with Gasteiger partial charge in [-0.25, -0.2) is 4.39 Å². The number of nitrogens with zero attached hydrogens (tertiary/aromatic N) is 1.